The number of ether oxygens (including phenoxy) is 2. The molecule has 6 nitrogen and oxygen atoms in total. The largest absolute Gasteiger partial charge is 0.490 e. The Morgan fingerprint density at radius 2 is 1.97 bits per heavy atom. The molecular formula is C30H37N3O3. The van der Waals surface area contributed by atoms with E-state index in [1.54, 1.807) is 6.21 Å². The Morgan fingerprint density at radius 1 is 1.19 bits per heavy atom. The Balaban J connectivity index is 1.81. The molecule has 1 atom stereocenters. The highest BCUT2D eigenvalue weighted by molar-refractivity contribution is 5.82. The van der Waals surface area contributed by atoms with Crippen molar-refractivity contribution in [3.63, 3.8) is 0 Å². The first-order chi connectivity index (χ1) is 17.5. The SMILES string of the molecule is C=CCc1cc(C=Nn2c(C3CCCCC3)nc3ccccc3c2=O)cc(OCC)c1O[C@H](C)CC. The predicted octanol–water partition coefficient (Wildman–Crippen LogP) is 6.63. The Bertz CT molecular complexity index is 1290. The van der Waals surface area contributed by atoms with Gasteiger partial charge in [0, 0.05) is 11.5 Å². The fourth-order valence-corrected chi connectivity index (χ4v) is 4.75. The fourth-order valence-electron chi connectivity index (χ4n) is 4.75. The van der Waals surface area contributed by atoms with Gasteiger partial charge in [0.2, 0.25) is 0 Å². The van der Waals surface area contributed by atoms with E-state index in [1.165, 1.54) is 11.1 Å². The highest BCUT2D eigenvalue weighted by atomic mass is 16.5. The first-order valence-corrected chi connectivity index (χ1v) is 13.2. The van der Waals surface area contributed by atoms with Crippen LogP contribution in [0.3, 0.4) is 0 Å². The van der Waals surface area contributed by atoms with Gasteiger partial charge in [0.05, 0.1) is 29.8 Å². The van der Waals surface area contributed by atoms with E-state index in [-0.39, 0.29) is 17.6 Å². The Morgan fingerprint density at radius 3 is 2.69 bits per heavy atom. The maximum Gasteiger partial charge on any atom is 0.282 e. The second kappa shape index (κ2) is 12.0. The van der Waals surface area contributed by atoms with E-state index in [4.69, 9.17) is 19.6 Å². The van der Waals surface area contributed by atoms with E-state index in [1.807, 2.05) is 49.4 Å². The van der Waals surface area contributed by atoms with Crippen molar-refractivity contribution in [2.75, 3.05) is 6.61 Å². The van der Waals surface area contributed by atoms with Gasteiger partial charge in [-0.25, -0.2) is 4.98 Å². The van der Waals surface area contributed by atoms with Crippen LogP contribution < -0.4 is 15.0 Å². The Kier molecular flexibility index (Phi) is 8.57. The summed E-state index contributed by atoms with van der Waals surface area (Å²) < 4.78 is 13.7. The van der Waals surface area contributed by atoms with Gasteiger partial charge in [-0.1, -0.05) is 44.4 Å². The molecule has 1 heterocycles. The van der Waals surface area contributed by atoms with Crippen molar-refractivity contribution in [3.05, 3.63) is 76.4 Å². The number of rotatable bonds is 10. The van der Waals surface area contributed by atoms with E-state index in [0.717, 1.165) is 60.3 Å². The molecule has 36 heavy (non-hydrogen) atoms. The fraction of sp³-hybridized carbons (Fsp3) is 0.433. The van der Waals surface area contributed by atoms with E-state index in [2.05, 4.69) is 20.4 Å². The first kappa shape index (κ1) is 25.7. The van der Waals surface area contributed by atoms with Crippen LogP contribution >= 0.6 is 0 Å². The lowest BCUT2D eigenvalue weighted by molar-refractivity contribution is 0.201. The highest BCUT2D eigenvalue weighted by Gasteiger charge is 2.22. The standard InChI is InChI=1S/C30H37N3O3/c1-5-13-24-18-22(19-27(35-7-3)28(24)36-21(4)6-2)20-31-33-29(23-14-9-8-10-15-23)32-26-17-12-11-16-25(26)30(33)34/h5,11-12,16-21,23H,1,6-10,13-15H2,2-4H3/t21-/m1/s1. The van der Waals surface area contributed by atoms with Crippen LogP contribution in [0.5, 0.6) is 11.5 Å². The summed E-state index contributed by atoms with van der Waals surface area (Å²) in [5.41, 5.74) is 2.41. The molecule has 0 aliphatic heterocycles. The highest BCUT2D eigenvalue weighted by Crippen LogP contribution is 2.35. The molecule has 0 N–H and O–H groups in total. The molecule has 0 amide bonds. The minimum Gasteiger partial charge on any atom is -0.490 e. The third-order valence-electron chi connectivity index (χ3n) is 6.78. The molecule has 2 aromatic carbocycles. The molecule has 6 heteroatoms. The van der Waals surface area contributed by atoms with Crippen molar-refractivity contribution >= 4 is 17.1 Å². The molecule has 0 bridgehead atoms. The lowest BCUT2D eigenvalue weighted by Gasteiger charge is -2.23. The number of nitrogens with zero attached hydrogens (tertiary/aromatic N) is 3. The second-order valence-electron chi connectivity index (χ2n) is 9.45. The van der Waals surface area contributed by atoms with E-state index >= 15 is 0 Å². The van der Waals surface area contributed by atoms with Gasteiger partial charge in [0.25, 0.3) is 5.56 Å². The number of allylic oxidation sites excluding steroid dienone is 1. The van der Waals surface area contributed by atoms with Crippen LogP contribution in [0, 0.1) is 0 Å². The average Bonchev–Trinajstić information content (AvgIpc) is 2.90. The quantitative estimate of drug-likeness (QED) is 0.238. The summed E-state index contributed by atoms with van der Waals surface area (Å²) in [6.07, 6.45) is 10.8. The zero-order valence-electron chi connectivity index (χ0n) is 21.7. The molecule has 0 spiro atoms. The van der Waals surface area contributed by atoms with Gasteiger partial charge in [0.15, 0.2) is 11.5 Å². The van der Waals surface area contributed by atoms with Gasteiger partial charge >= 0.3 is 0 Å². The van der Waals surface area contributed by atoms with Gasteiger partial charge in [-0.2, -0.15) is 9.78 Å². The van der Waals surface area contributed by atoms with Crippen LogP contribution in [-0.2, 0) is 6.42 Å². The van der Waals surface area contributed by atoms with Gasteiger partial charge in [0.1, 0.15) is 5.82 Å². The molecule has 1 aliphatic rings. The summed E-state index contributed by atoms with van der Waals surface area (Å²) in [6, 6.07) is 11.5. The Hall–Kier alpha value is -3.41. The van der Waals surface area contributed by atoms with Crippen LogP contribution in [0.25, 0.3) is 10.9 Å². The van der Waals surface area contributed by atoms with Gasteiger partial charge in [-0.15, -0.1) is 6.58 Å². The second-order valence-corrected chi connectivity index (χ2v) is 9.45. The van der Waals surface area contributed by atoms with Crippen molar-refractivity contribution in [1.29, 1.82) is 0 Å². The number of hydrogen-bond acceptors (Lipinski definition) is 5. The van der Waals surface area contributed by atoms with Crippen molar-refractivity contribution in [1.82, 2.24) is 9.66 Å². The van der Waals surface area contributed by atoms with Crippen molar-refractivity contribution in [3.8, 4) is 11.5 Å². The molecule has 190 valence electrons. The number of benzene rings is 2. The summed E-state index contributed by atoms with van der Waals surface area (Å²) in [5.74, 6) is 2.41. The summed E-state index contributed by atoms with van der Waals surface area (Å²) in [4.78, 5) is 18.4. The third-order valence-corrected chi connectivity index (χ3v) is 6.78. The molecule has 1 aliphatic carbocycles. The lowest BCUT2D eigenvalue weighted by atomic mass is 9.88. The molecule has 3 aromatic rings. The maximum atomic E-state index is 13.5. The van der Waals surface area contributed by atoms with E-state index < -0.39 is 0 Å². The van der Waals surface area contributed by atoms with Crippen LogP contribution in [-0.4, -0.2) is 28.6 Å². The molecular weight excluding hydrogens is 450 g/mol. The van der Waals surface area contributed by atoms with E-state index in [0.29, 0.717) is 24.2 Å². The molecule has 1 fully saturated rings. The monoisotopic (exact) mass is 487 g/mol. The van der Waals surface area contributed by atoms with Crippen LogP contribution in [0.1, 0.15) is 82.2 Å². The smallest absolute Gasteiger partial charge is 0.282 e. The van der Waals surface area contributed by atoms with Crippen molar-refractivity contribution in [2.24, 2.45) is 5.10 Å². The number of para-hydroxylation sites is 1. The van der Waals surface area contributed by atoms with E-state index in [9.17, 15) is 4.79 Å². The lowest BCUT2D eigenvalue weighted by Crippen LogP contribution is -2.25. The molecule has 1 saturated carbocycles. The number of fused-ring (bicyclic) bond motifs is 1. The number of aromatic nitrogens is 2. The minimum absolute atomic E-state index is 0.0626. The summed E-state index contributed by atoms with van der Waals surface area (Å²) in [6.45, 7) is 10.5. The maximum absolute atomic E-state index is 13.5. The summed E-state index contributed by atoms with van der Waals surface area (Å²) in [7, 11) is 0. The zero-order valence-corrected chi connectivity index (χ0v) is 21.7. The van der Waals surface area contributed by atoms with Crippen LogP contribution in [0.4, 0.5) is 0 Å². The molecule has 0 radical (unpaired) electrons. The molecule has 4 rings (SSSR count). The molecule has 0 unspecified atom stereocenters. The van der Waals surface area contributed by atoms with Crippen LogP contribution in [0.15, 0.2) is 58.9 Å². The van der Waals surface area contributed by atoms with Gasteiger partial charge < -0.3 is 9.47 Å². The summed E-state index contributed by atoms with van der Waals surface area (Å²) in [5, 5.41) is 5.28. The third kappa shape index (κ3) is 5.69. The minimum atomic E-state index is -0.134. The van der Waals surface area contributed by atoms with Gasteiger partial charge in [-0.3, -0.25) is 4.79 Å². The Labute approximate surface area is 213 Å². The predicted molar refractivity (Wildman–Crippen MR) is 147 cm³/mol. The zero-order chi connectivity index (χ0) is 25.5. The van der Waals surface area contributed by atoms with Crippen molar-refractivity contribution < 1.29 is 9.47 Å². The van der Waals surface area contributed by atoms with Crippen LogP contribution in [0.2, 0.25) is 0 Å². The normalized spacial score (nSPS) is 15.3. The average molecular weight is 488 g/mol. The molecule has 1 aromatic heterocycles. The number of hydrogen-bond donors (Lipinski definition) is 0. The topological polar surface area (TPSA) is 65.7 Å². The summed E-state index contributed by atoms with van der Waals surface area (Å²) >= 11 is 0. The first-order valence-electron chi connectivity index (χ1n) is 13.2. The van der Waals surface area contributed by atoms with Gasteiger partial charge in [-0.05, 0) is 69.4 Å². The molecule has 0 saturated heterocycles. The van der Waals surface area contributed by atoms with Crippen molar-refractivity contribution in [2.45, 2.75) is 77.7 Å².